The normalized spacial score (nSPS) is 19.5. The van der Waals surface area contributed by atoms with Gasteiger partial charge in [0.25, 0.3) is 5.56 Å². The lowest BCUT2D eigenvalue weighted by atomic mass is 10.0. The van der Waals surface area contributed by atoms with Gasteiger partial charge in [0.05, 0.1) is 36.8 Å². The molecular weight excluding hydrogens is 380 g/mol. The first-order valence-corrected chi connectivity index (χ1v) is 10.5. The largest absolute Gasteiger partial charge is 0.378 e. The van der Waals surface area contributed by atoms with Crippen LogP contribution in [0.3, 0.4) is 0 Å². The highest BCUT2D eigenvalue weighted by Gasteiger charge is 2.19. The number of hydrogen-bond acceptors (Lipinski definition) is 6. The summed E-state index contributed by atoms with van der Waals surface area (Å²) in [6.45, 7) is 4.56. The molecule has 3 aromatic rings. The van der Waals surface area contributed by atoms with E-state index in [0.717, 1.165) is 56.9 Å². The zero-order valence-corrected chi connectivity index (χ0v) is 16.9. The minimum atomic E-state index is -0.109. The second-order valence-corrected chi connectivity index (χ2v) is 7.90. The monoisotopic (exact) mass is 406 g/mol. The highest BCUT2D eigenvalue weighted by Crippen LogP contribution is 2.26. The maximum atomic E-state index is 13.0. The smallest absolute Gasteiger partial charge is 0.262 e. The fraction of sp³-hybridized carbons (Fsp3) is 0.391. The van der Waals surface area contributed by atoms with Crippen molar-refractivity contribution >= 4 is 22.5 Å². The van der Waals surface area contributed by atoms with Crippen LogP contribution in [-0.4, -0.2) is 48.6 Å². The quantitative estimate of drug-likeness (QED) is 0.717. The van der Waals surface area contributed by atoms with Crippen LogP contribution in [0.15, 0.2) is 47.3 Å². The summed E-state index contributed by atoms with van der Waals surface area (Å²) in [5, 5.41) is 0.580. The number of aromatic nitrogens is 2. The predicted molar refractivity (Wildman–Crippen MR) is 118 cm³/mol. The van der Waals surface area contributed by atoms with E-state index in [0.29, 0.717) is 17.4 Å². The number of benzene rings is 2. The zero-order chi connectivity index (χ0) is 20.5. The molecular formula is C23H26N4O3. The topological polar surface area (TPSA) is 82.6 Å². The van der Waals surface area contributed by atoms with Crippen molar-refractivity contribution in [1.29, 1.82) is 0 Å². The van der Waals surface area contributed by atoms with E-state index in [1.165, 1.54) is 10.3 Å². The van der Waals surface area contributed by atoms with Crippen LogP contribution in [0.2, 0.25) is 0 Å². The molecule has 3 heterocycles. The van der Waals surface area contributed by atoms with Gasteiger partial charge in [0.1, 0.15) is 0 Å². The molecule has 2 fully saturated rings. The maximum Gasteiger partial charge on any atom is 0.262 e. The van der Waals surface area contributed by atoms with Crippen LogP contribution in [-0.2, 0) is 16.0 Å². The number of morpholine rings is 1. The molecule has 0 bridgehead atoms. The van der Waals surface area contributed by atoms with Crippen molar-refractivity contribution in [3.8, 4) is 11.1 Å². The van der Waals surface area contributed by atoms with E-state index in [2.05, 4.69) is 34.1 Å². The van der Waals surface area contributed by atoms with E-state index in [1.807, 2.05) is 18.2 Å². The van der Waals surface area contributed by atoms with Crippen LogP contribution < -0.4 is 16.2 Å². The van der Waals surface area contributed by atoms with Crippen molar-refractivity contribution < 1.29 is 9.47 Å². The Balaban J connectivity index is 1.44. The van der Waals surface area contributed by atoms with Crippen LogP contribution in [0.1, 0.15) is 12.8 Å². The Kier molecular flexibility index (Phi) is 5.14. The van der Waals surface area contributed by atoms with Gasteiger partial charge < -0.3 is 20.1 Å². The minimum absolute atomic E-state index is 0.0357. The number of fused-ring (bicyclic) bond motifs is 1. The Morgan fingerprint density at radius 3 is 2.53 bits per heavy atom. The number of rotatable bonds is 4. The minimum Gasteiger partial charge on any atom is -0.378 e. The average molecular weight is 406 g/mol. The van der Waals surface area contributed by atoms with E-state index < -0.39 is 0 Å². The molecule has 2 aliphatic rings. The predicted octanol–water partition coefficient (Wildman–Crippen LogP) is 2.66. The van der Waals surface area contributed by atoms with Gasteiger partial charge in [0.15, 0.2) is 0 Å². The van der Waals surface area contributed by atoms with Crippen LogP contribution in [0.5, 0.6) is 0 Å². The Hall–Kier alpha value is -2.90. The molecule has 1 unspecified atom stereocenters. The highest BCUT2D eigenvalue weighted by atomic mass is 16.5. The van der Waals surface area contributed by atoms with Gasteiger partial charge in [0.2, 0.25) is 5.95 Å². The Bertz CT molecular complexity index is 1100. The summed E-state index contributed by atoms with van der Waals surface area (Å²) in [5.41, 5.74) is 9.94. The first-order chi connectivity index (χ1) is 14.7. The van der Waals surface area contributed by atoms with Gasteiger partial charge in [-0.05, 0) is 48.2 Å². The summed E-state index contributed by atoms with van der Waals surface area (Å²) in [5.74, 6) is 0.239. The van der Waals surface area contributed by atoms with E-state index in [-0.39, 0.29) is 17.6 Å². The first kappa shape index (κ1) is 19.1. The van der Waals surface area contributed by atoms with Gasteiger partial charge in [0, 0.05) is 25.4 Å². The van der Waals surface area contributed by atoms with Gasteiger partial charge in [-0.2, -0.15) is 0 Å². The van der Waals surface area contributed by atoms with Gasteiger partial charge in [-0.3, -0.25) is 9.36 Å². The molecule has 0 aliphatic carbocycles. The van der Waals surface area contributed by atoms with Crippen LogP contribution >= 0.6 is 0 Å². The standard InChI is InChI=1S/C23H26N4O3/c24-23-25-21-14-17(16-3-6-18(7-4-16)26-9-12-29-13-10-26)5-8-20(21)22(28)27(23)15-19-2-1-11-30-19/h3-8,14,19H,1-2,9-13,15H2,(H2,24,25). The molecule has 2 aromatic carbocycles. The molecule has 0 saturated carbocycles. The van der Waals surface area contributed by atoms with Crippen molar-refractivity contribution in [2.75, 3.05) is 43.5 Å². The molecule has 1 aromatic heterocycles. The van der Waals surface area contributed by atoms with Crippen molar-refractivity contribution in [3.05, 3.63) is 52.8 Å². The van der Waals surface area contributed by atoms with Crippen molar-refractivity contribution in [3.63, 3.8) is 0 Å². The van der Waals surface area contributed by atoms with Gasteiger partial charge in [-0.15, -0.1) is 0 Å². The summed E-state index contributed by atoms with van der Waals surface area (Å²) < 4.78 is 12.6. The maximum absolute atomic E-state index is 13.0. The Morgan fingerprint density at radius 1 is 1.03 bits per heavy atom. The molecule has 2 saturated heterocycles. The lowest BCUT2D eigenvalue weighted by Crippen LogP contribution is -2.36. The molecule has 2 N–H and O–H groups in total. The third-order valence-electron chi connectivity index (χ3n) is 5.97. The average Bonchev–Trinajstić information content (AvgIpc) is 3.30. The zero-order valence-electron chi connectivity index (χ0n) is 16.9. The molecule has 5 rings (SSSR count). The van der Waals surface area contributed by atoms with E-state index in [9.17, 15) is 4.79 Å². The van der Waals surface area contributed by atoms with Crippen LogP contribution in [0, 0.1) is 0 Å². The summed E-state index contributed by atoms with van der Waals surface area (Å²) in [4.78, 5) is 19.8. The number of ether oxygens (including phenoxy) is 2. The summed E-state index contributed by atoms with van der Waals surface area (Å²) in [7, 11) is 0. The number of hydrogen-bond donors (Lipinski definition) is 1. The summed E-state index contributed by atoms with van der Waals surface area (Å²) in [6, 6.07) is 14.2. The lowest BCUT2D eigenvalue weighted by molar-refractivity contribution is 0.0966. The van der Waals surface area contributed by atoms with E-state index in [4.69, 9.17) is 15.2 Å². The molecule has 156 valence electrons. The van der Waals surface area contributed by atoms with Gasteiger partial charge in [-0.1, -0.05) is 18.2 Å². The first-order valence-electron chi connectivity index (χ1n) is 10.5. The van der Waals surface area contributed by atoms with E-state index >= 15 is 0 Å². The molecule has 7 heteroatoms. The SMILES string of the molecule is Nc1nc2cc(-c3ccc(N4CCOCC4)cc3)ccc2c(=O)n1CC1CCCO1. The van der Waals surface area contributed by atoms with Gasteiger partial charge in [-0.25, -0.2) is 4.98 Å². The van der Waals surface area contributed by atoms with Crippen LogP contribution in [0.4, 0.5) is 11.6 Å². The molecule has 0 radical (unpaired) electrons. The van der Waals surface area contributed by atoms with Crippen molar-refractivity contribution in [2.45, 2.75) is 25.5 Å². The third-order valence-corrected chi connectivity index (χ3v) is 5.97. The molecule has 1 atom stereocenters. The van der Waals surface area contributed by atoms with E-state index in [1.54, 1.807) is 0 Å². The second-order valence-electron chi connectivity index (χ2n) is 7.90. The third kappa shape index (κ3) is 3.66. The second kappa shape index (κ2) is 8.08. The lowest BCUT2D eigenvalue weighted by Gasteiger charge is -2.28. The van der Waals surface area contributed by atoms with Gasteiger partial charge >= 0.3 is 0 Å². The van der Waals surface area contributed by atoms with Crippen LogP contribution in [0.25, 0.3) is 22.0 Å². The molecule has 2 aliphatic heterocycles. The molecule has 7 nitrogen and oxygen atoms in total. The number of anilines is 2. The van der Waals surface area contributed by atoms with Crippen molar-refractivity contribution in [2.24, 2.45) is 0 Å². The number of nitrogen functional groups attached to an aromatic ring is 1. The molecule has 30 heavy (non-hydrogen) atoms. The fourth-order valence-corrected chi connectivity index (χ4v) is 4.27. The number of nitrogens with two attached hydrogens (primary N) is 1. The summed E-state index contributed by atoms with van der Waals surface area (Å²) in [6.07, 6.45) is 2.01. The Labute approximate surface area is 175 Å². The Morgan fingerprint density at radius 2 is 1.80 bits per heavy atom. The molecule has 0 amide bonds. The van der Waals surface area contributed by atoms with Crippen molar-refractivity contribution in [1.82, 2.24) is 9.55 Å². The number of nitrogens with zero attached hydrogens (tertiary/aromatic N) is 3. The fourth-order valence-electron chi connectivity index (χ4n) is 4.27. The summed E-state index contributed by atoms with van der Waals surface area (Å²) >= 11 is 0. The molecule has 0 spiro atoms. The highest BCUT2D eigenvalue weighted by molar-refractivity contribution is 5.84.